The van der Waals surface area contributed by atoms with Crippen LogP contribution in [0.15, 0.2) is 54.7 Å². The van der Waals surface area contributed by atoms with Gasteiger partial charge in [-0.2, -0.15) is 10.3 Å². The van der Waals surface area contributed by atoms with Gasteiger partial charge in [0.2, 0.25) is 5.82 Å². The zero-order chi connectivity index (χ0) is 15.6. The van der Waals surface area contributed by atoms with Crippen molar-refractivity contribution in [1.29, 1.82) is 0 Å². The molecule has 0 aliphatic rings. The number of amides is 1. The maximum atomic E-state index is 12.6. The fourth-order valence-electron chi connectivity index (χ4n) is 2.37. The number of carbonyl (C=O) groups is 1. The van der Waals surface area contributed by atoms with E-state index in [2.05, 4.69) is 31.0 Å². The number of pyridine rings is 1. The molecule has 1 aromatic carbocycles. The molecule has 0 fully saturated rings. The monoisotopic (exact) mass is 305 g/mol. The van der Waals surface area contributed by atoms with E-state index in [1.54, 1.807) is 22.8 Å². The van der Waals surface area contributed by atoms with E-state index in [1.807, 2.05) is 36.4 Å². The van der Waals surface area contributed by atoms with Crippen LogP contribution >= 0.6 is 0 Å². The molecule has 0 unspecified atom stereocenters. The molecule has 112 valence electrons. The van der Waals surface area contributed by atoms with E-state index in [-0.39, 0.29) is 5.91 Å². The number of para-hydroxylation sites is 1. The molecule has 23 heavy (non-hydrogen) atoms. The topological polar surface area (TPSA) is 101 Å². The molecule has 2 N–H and O–H groups in total. The standard InChI is InChI=1S/C15H11N7O/c23-15(13-7-3-4-10-8-9-16-22(10)13)17-12-6-2-1-5-11(12)14-18-20-21-19-14/h1-9H,(H,17,23)(H,18,19,20,21). The number of rotatable bonds is 3. The van der Waals surface area contributed by atoms with Crippen molar-refractivity contribution < 1.29 is 4.79 Å². The summed E-state index contributed by atoms with van der Waals surface area (Å²) in [5.41, 5.74) is 2.57. The lowest BCUT2D eigenvalue weighted by Gasteiger charge is -2.09. The SMILES string of the molecule is O=C(Nc1ccccc1-c1nn[nH]n1)c1cccc2ccnn12. The van der Waals surface area contributed by atoms with Crippen LogP contribution in [0.4, 0.5) is 5.69 Å². The summed E-state index contributed by atoms with van der Waals surface area (Å²) in [7, 11) is 0. The second-order valence-corrected chi connectivity index (χ2v) is 4.81. The maximum absolute atomic E-state index is 12.6. The number of nitrogens with one attached hydrogen (secondary N) is 2. The molecule has 8 heteroatoms. The number of tetrazole rings is 1. The highest BCUT2D eigenvalue weighted by atomic mass is 16.2. The highest BCUT2D eigenvalue weighted by Crippen LogP contribution is 2.24. The van der Waals surface area contributed by atoms with E-state index in [9.17, 15) is 4.79 Å². The Morgan fingerprint density at radius 2 is 2.00 bits per heavy atom. The first-order chi connectivity index (χ1) is 11.3. The number of benzene rings is 1. The molecule has 0 aliphatic carbocycles. The fraction of sp³-hybridized carbons (Fsp3) is 0. The number of anilines is 1. The van der Waals surface area contributed by atoms with Crippen molar-refractivity contribution in [1.82, 2.24) is 30.2 Å². The van der Waals surface area contributed by atoms with E-state index in [1.165, 1.54) is 0 Å². The van der Waals surface area contributed by atoms with Crippen LogP contribution in [0.25, 0.3) is 16.9 Å². The van der Waals surface area contributed by atoms with Crippen LogP contribution in [0.2, 0.25) is 0 Å². The van der Waals surface area contributed by atoms with Gasteiger partial charge in [-0.15, -0.1) is 10.2 Å². The molecular formula is C15H11N7O. The van der Waals surface area contributed by atoms with Gasteiger partial charge in [-0.1, -0.05) is 18.2 Å². The first-order valence-corrected chi connectivity index (χ1v) is 6.90. The number of carbonyl (C=O) groups excluding carboxylic acids is 1. The molecule has 3 aromatic heterocycles. The van der Waals surface area contributed by atoms with Crippen LogP contribution in [0, 0.1) is 0 Å². The lowest BCUT2D eigenvalue weighted by Crippen LogP contribution is -2.16. The van der Waals surface area contributed by atoms with Crippen molar-refractivity contribution >= 4 is 17.1 Å². The molecule has 0 aliphatic heterocycles. The van der Waals surface area contributed by atoms with Gasteiger partial charge in [-0.25, -0.2) is 4.52 Å². The predicted octanol–water partition coefficient (Wildman–Crippen LogP) is 1.77. The molecule has 0 saturated heterocycles. The lowest BCUT2D eigenvalue weighted by molar-refractivity contribution is 0.102. The van der Waals surface area contributed by atoms with Crippen molar-refractivity contribution in [2.24, 2.45) is 0 Å². The van der Waals surface area contributed by atoms with Crippen molar-refractivity contribution in [2.45, 2.75) is 0 Å². The summed E-state index contributed by atoms with van der Waals surface area (Å²) in [5, 5.41) is 20.9. The van der Waals surface area contributed by atoms with Crippen LogP contribution in [0.3, 0.4) is 0 Å². The fourth-order valence-corrected chi connectivity index (χ4v) is 2.37. The maximum Gasteiger partial charge on any atom is 0.274 e. The van der Waals surface area contributed by atoms with Crippen LogP contribution in [0.1, 0.15) is 10.5 Å². The molecule has 0 bridgehead atoms. The molecule has 0 atom stereocenters. The van der Waals surface area contributed by atoms with E-state index in [0.29, 0.717) is 22.8 Å². The van der Waals surface area contributed by atoms with E-state index in [0.717, 1.165) is 5.52 Å². The van der Waals surface area contributed by atoms with E-state index >= 15 is 0 Å². The summed E-state index contributed by atoms with van der Waals surface area (Å²) in [6.07, 6.45) is 1.65. The van der Waals surface area contributed by atoms with Gasteiger partial charge in [0.15, 0.2) is 0 Å². The quantitative estimate of drug-likeness (QED) is 0.600. The summed E-state index contributed by atoms with van der Waals surface area (Å²) in [6.45, 7) is 0. The summed E-state index contributed by atoms with van der Waals surface area (Å²) >= 11 is 0. The molecule has 0 saturated carbocycles. The average molecular weight is 305 g/mol. The highest BCUT2D eigenvalue weighted by Gasteiger charge is 2.14. The molecular weight excluding hydrogens is 294 g/mol. The zero-order valence-electron chi connectivity index (χ0n) is 11.8. The van der Waals surface area contributed by atoms with Gasteiger partial charge >= 0.3 is 0 Å². The Labute approximate surface area is 130 Å². The van der Waals surface area contributed by atoms with Crippen LogP contribution < -0.4 is 5.32 Å². The molecule has 4 aromatic rings. The molecule has 0 spiro atoms. The molecule has 8 nitrogen and oxygen atoms in total. The Kier molecular flexibility index (Phi) is 3.05. The Morgan fingerprint density at radius 3 is 2.87 bits per heavy atom. The summed E-state index contributed by atoms with van der Waals surface area (Å²) in [5.74, 6) is 0.147. The van der Waals surface area contributed by atoms with E-state index in [4.69, 9.17) is 0 Å². The van der Waals surface area contributed by atoms with Crippen LogP contribution in [0.5, 0.6) is 0 Å². The van der Waals surface area contributed by atoms with Crippen molar-refractivity contribution in [2.75, 3.05) is 5.32 Å². The van der Waals surface area contributed by atoms with Crippen molar-refractivity contribution in [3.63, 3.8) is 0 Å². The minimum atomic E-state index is -0.268. The predicted molar refractivity (Wildman–Crippen MR) is 82.8 cm³/mol. The van der Waals surface area contributed by atoms with Gasteiger partial charge in [0.25, 0.3) is 5.91 Å². The first kappa shape index (κ1) is 13.1. The summed E-state index contributed by atoms with van der Waals surface area (Å²) in [6, 6.07) is 14.5. The van der Waals surface area contributed by atoms with Gasteiger partial charge in [-0.05, 0) is 35.5 Å². The number of hydrogen-bond acceptors (Lipinski definition) is 5. The summed E-state index contributed by atoms with van der Waals surface area (Å²) < 4.78 is 1.59. The molecule has 0 radical (unpaired) electrons. The second-order valence-electron chi connectivity index (χ2n) is 4.81. The van der Waals surface area contributed by atoms with E-state index < -0.39 is 0 Å². The number of aromatic nitrogens is 6. The Bertz CT molecular complexity index is 974. The number of H-pyrrole nitrogens is 1. The Balaban J connectivity index is 1.72. The largest absolute Gasteiger partial charge is 0.320 e. The minimum Gasteiger partial charge on any atom is -0.320 e. The van der Waals surface area contributed by atoms with Gasteiger partial charge in [0, 0.05) is 5.56 Å². The van der Waals surface area contributed by atoms with Gasteiger partial charge in [-0.3, -0.25) is 4.79 Å². The average Bonchev–Trinajstić information content (AvgIpc) is 3.26. The lowest BCUT2D eigenvalue weighted by atomic mass is 10.1. The zero-order valence-corrected chi connectivity index (χ0v) is 11.8. The molecule has 3 heterocycles. The number of nitrogens with zero attached hydrogens (tertiary/aromatic N) is 5. The highest BCUT2D eigenvalue weighted by molar-refractivity contribution is 6.05. The molecule has 1 amide bonds. The third kappa shape index (κ3) is 2.31. The minimum absolute atomic E-state index is 0.268. The Hall–Kier alpha value is -3.55. The normalized spacial score (nSPS) is 10.8. The number of fused-ring (bicyclic) bond motifs is 1. The number of hydrogen-bond donors (Lipinski definition) is 2. The summed E-state index contributed by atoms with van der Waals surface area (Å²) in [4.78, 5) is 12.6. The van der Waals surface area contributed by atoms with Gasteiger partial charge < -0.3 is 5.32 Å². The third-order valence-corrected chi connectivity index (χ3v) is 3.42. The van der Waals surface area contributed by atoms with Crippen molar-refractivity contribution in [3.05, 3.63) is 60.4 Å². The van der Waals surface area contributed by atoms with Gasteiger partial charge in [0.05, 0.1) is 17.4 Å². The van der Waals surface area contributed by atoms with Crippen LogP contribution in [-0.4, -0.2) is 36.1 Å². The smallest absolute Gasteiger partial charge is 0.274 e. The van der Waals surface area contributed by atoms with Crippen molar-refractivity contribution in [3.8, 4) is 11.4 Å². The third-order valence-electron chi connectivity index (χ3n) is 3.42. The number of aromatic amines is 1. The molecule has 4 rings (SSSR count). The first-order valence-electron chi connectivity index (χ1n) is 6.90. The Morgan fingerprint density at radius 1 is 1.09 bits per heavy atom. The second kappa shape index (κ2) is 5.34. The van der Waals surface area contributed by atoms with Crippen LogP contribution in [-0.2, 0) is 0 Å². The van der Waals surface area contributed by atoms with Gasteiger partial charge in [0.1, 0.15) is 5.69 Å².